The number of aryl methyl sites for hydroxylation is 2. The lowest BCUT2D eigenvalue weighted by molar-refractivity contribution is 0.123. The van der Waals surface area contributed by atoms with Crippen molar-refractivity contribution >= 4 is 0 Å². The van der Waals surface area contributed by atoms with Crippen LogP contribution in [0.4, 0.5) is 0 Å². The summed E-state index contributed by atoms with van der Waals surface area (Å²) in [5.41, 5.74) is 3.97. The number of rotatable bonds is 5. The molecule has 0 unspecified atom stereocenters. The largest absolute Gasteiger partial charge is 0.297 e. The van der Waals surface area contributed by atoms with Crippen LogP contribution in [0.3, 0.4) is 0 Å². The minimum atomic E-state index is 0.671. The van der Waals surface area contributed by atoms with Crippen LogP contribution in [0.1, 0.15) is 36.6 Å². The third-order valence-electron chi connectivity index (χ3n) is 5.80. The van der Waals surface area contributed by atoms with Crippen LogP contribution in [0, 0.1) is 12.8 Å². The second-order valence-electron chi connectivity index (χ2n) is 7.67. The molecule has 0 N–H and O–H groups in total. The molecule has 2 atom stereocenters. The summed E-state index contributed by atoms with van der Waals surface area (Å²) >= 11 is 0. The maximum atomic E-state index is 4.62. The Bertz CT molecular complexity index is 695. The first-order valence-corrected chi connectivity index (χ1v) is 9.59. The Balaban J connectivity index is 1.45. The Hall–Kier alpha value is -1.72. The highest BCUT2D eigenvalue weighted by atomic mass is 15.3. The van der Waals surface area contributed by atoms with Crippen molar-refractivity contribution in [3.8, 4) is 0 Å². The normalized spacial score (nSPS) is 24.6. The molecule has 2 aromatic heterocycles. The number of nitrogens with zero attached hydrogens (tertiary/aromatic N) is 5. The van der Waals surface area contributed by atoms with Crippen molar-refractivity contribution in [3.63, 3.8) is 0 Å². The van der Waals surface area contributed by atoms with E-state index in [1.54, 1.807) is 0 Å². The van der Waals surface area contributed by atoms with Gasteiger partial charge in [-0.25, -0.2) is 0 Å². The molecular weight excluding hydrogens is 310 g/mol. The van der Waals surface area contributed by atoms with Crippen LogP contribution >= 0.6 is 0 Å². The van der Waals surface area contributed by atoms with Crippen LogP contribution in [0.5, 0.6) is 0 Å². The topological polar surface area (TPSA) is 37.2 Å². The summed E-state index contributed by atoms with van der Waals surface area (Å²) in [6, 6.07) is 4.96. The first-order valence-electron chi connectivity index (χ1n) is 9.59. The Morgan fingerprint density at radius 1 is 1.08 bits per heavy atom. The molecule has 0 radical (unpaired) electrons. The van der Waals surface area contributed by atoms with E-state index in [1.165, 1.54) is 49.3 Å². The van der Waals surface area contributed by atoms with Crippen molar-refractivity contribution in [3.05, 3.63) is 47.5 Å². The summed E-state index contributed by atoms with van der Waals surface area (Å²) in [5.74, 6) is 0.794. The average molecular weight is 339 g/mol. The fourth-order valence-electron chi connectivity index (χ4n) is 4.44. The minimum absolute atomic E-state index is 0.671. The van der Waals surface area contributed by atoms with Gasteiger partial charge in [-0.15, -0.1) is 0 Å². The second-order valence-corrected chi connectivity index (χ2v) is 7.67. The number of fused-ring (bicyclic) bond motifs is 4. The number of aromatic nitrogens is 3. The smallest absolute Gasteiger partial charge is 0.0638 e. The SMILES string of the molecule is CCn1cc(CN2C[C@H]3CC[C@@H]2CN(Cc2ccncc2)C3)c(C)n1. The summed E-state index contributed by atoms with van der Waals surface area (Å²) < 4.78 is 2.07. The van der Waals surface area contributed by atoms with E-state index in [-0.39, 0.29) is 0 Å². The summed E-state index contributed by atoms with van der Waals surface area (Å²) in [5, 5.41) is 4.62. The third kappa shape index (κ3) is 3.77. The molecule has 25 heavy (non-hydrogen) atoms. The van der Waals surface area contributed by atoms with Gasteiger partial charge in [0.15, 0.2) is 0 Å². The van der Waals surface area contributed by atoms with E-state index in [2.05, 4.69) is 56.7 Å². The van der Waals surface area contributed by atoms with Gasteiger partial charge >= 0.3 is 0 Å². The predicted molar refractivity (Wildman–Crippen MR) is 99.1 cm³/mol. The molecule has 134 valence electrons. The van der Waals surface area contributed by atoms with Crippen LogP contribution in [-0.2, 0) is 19.6 Å². The third-order valence-corrected chi connectivity index (χ3v) is 5.80. The van der Waals surface area contributed by atoms with Crippen molar-refractivity contribution < 1.29 is 0 Å². The van der Waals surface area contributed by atoms with E-state index in [1.807, 2.05) is 12.4 Å². The zero-order valence-corrected chi connectivity index (χ0v) is 15.4. The lowest BCUT2D eigenvalue weighted by atomic mass is 9.94. The molecule has 2 aromatic rings. The molecule has 0 aliphatic carbocycles. The van der Waals surface area contributed by atoms with Crippen LogP contribution in [0.15, 0.2) is 30.7 Å². The van der Waals surface area contributed by atoms with E-state index >= 15 is 0 Å². The molecule has 0 amide bonds. The van der Waals surface area contributed by atoms with Gasteiger partial charge in [-0.3, -0.25) is 19.5 Å². The van der Waals surface area contributed by atoms with Crippen LogP contribution in [-0.4, -0.2) is 50.2 Å². The van der Waals surface area contributed by atoms with E-state index in [4.69, 9.17) is 0 Å². The molecule has 0 aromatic carbocycles. The lowest BCUT2D eigenvalue weighted by Crippen LogP contribution is -2.43. The van der Waals surface area contributed by atoms with Crippen LogP contribution in [0.2, 0.25) is 0 Å². The summed E-state index contributed by atoms with van der Waals surface area (Å²) in [4.78, 5) is 9.51. The first kappa shape index (κ1) is 16.7. The highest BCUT2D eigenvalue weighted by Gasteiger charge is 2.34. The maximum Gasteiger partial charge on any atom is 0.0638 e. The predicted octanol–water partition coefficient (Wildman–Crippen LogP) is 2.70. The van der Waals surface area contributed by atoms with Crippen LogP contribution < -0.4 is 0 Å². The number of hydrogen-bond acceptors (Lipinski definition) is 4. The molecular formula is C20H29N5. The average Bonchev–Trinajstić information content (AvgIpc) is 2.78. The van der Waals surface area contributed by atoms with Gasteiger partial charge in [0.2, 0.25) is 0 Å². The highest BCUT2D eigenvalue weighted by molar-refractivity contribution is 5.16. The molecule has 5 rings (SSSR count). The van der Waals surface area contributed by atoms with Gasteiger partial charge in [0.1, 0.15) is 0 Å². The molecule has 3 aliphatic heterocycles. The molecule has 0 saturated carbocycles. The fraction of sp³-hybridized carbons (Fsp3) is 0.600. The monoisotopic (exact) mass is 339 g/mol. The maximum absolute atomic E-state index is 4.62. The highest BCUT2D eigenvalue weighted by Crippen LogP contribution is 2.30. The minimum Gasteiger partial charge on any atom is -0.297 e. The van der Waals surface area contributed by atoms with Crippen LogP contribution in [0.25, 0.3) is 0 Å². The quantitative estimate of drug-likeness (QED) is 0.839. The zero-order valence-electron chi connectivity index (χ0n) is 15.4. The van der Waals surface area contributed by atoms with Gasteiger partial charge in [0, 0.05) is 69.5 Å². The van der Waals surface area contributed by atoms with E-state index in [0.29, 0.717) is 6.04 Å². The standard InChI is InChI=1S/C20H29N5/c1-3-25-14-19(16(2)22-25)13-24-12-18-4-5-20(24)15-23(11-18)10-17-6-8-21-9-7-17/h6-9,14,18,20H,3-5,10-13,15H2,1-2H3/t18-,20+/m0/s1. The summed E-state index contributed by atoms with van der Waals surface area (Å²) in [7, 11) is 0. The Kier molecular flexibility index (Phi) is 4.86. The van der Waals surface area contributed by atoms with Gasteiger partial charge in [-0.1, -0.05) is 0 Å². The van der Waals surface area contributed by atoms with E-state index in [0.717, 1.165) is 25.6 Å². The molecule has 3 saturated heterocycles. The van der Waals surface area contributed by atoms with E-state index in [9.17, 15) is 0 Å². The van der Waals surface area contributed by atoms with Gasteiger partial charge in [-0.05, 0) is 50.3 Å². The van der Waals surface area contributed by atoms with Crippen molar-refractivity contribution in [2.24, 2.45) is 5.92 Å². The first-order chi connectivity index (χ1) is 12.2. The van der Waals surface area contributed by atoms with E-state index < -0.39 is 0 Å². The number of hydrogen-bond donors (Lipinski definition) is 0. The van der Waals surface area contributed by atoms with Gasteiger partial charge in [-0.2, -0.15) is 5.10 Å². The van der Waals surface area contributed by atoms with Crippen molar-refractivity contribution in [2.75, 3.05) is 19.6 Å². The number of piperidine rings is 1. The Morgan fingerprint density at radius 2 is 1.92 bits per heavy atom. The van der Waals surface area contributed by atoms with Crippen molar-refractivity contribution in [1.82, 2.24) is 24.6 Å². The van der Waals surface area contributed by atoms with Gasteiger partial charge < -0.3 is 0 Å². The summed E-state index contributed by atoms with van der Waals surface area (Å²) in [6.45, 7) is 11.0. The Labute approximate surface area is 150 Å². The van der Waals surface area contributed by atoms with Gasteiger partial charge in [0.25, 0.3) is 0 Å². The zero-order chi connectivity index (χ0) is 17.2. The summed E-state index contributed by atoms with van der Waals surface area (Å²) in [6.07, 6.45) is 8.76. The number of pyridine rings is 1. The van der Waals surface area contributed by atoms with Crippen molar-refractivity contribution in [2.45, 2.75) is 52.4 Å². The Morgan fingerprint density at radius 3 is 2.68 bits per heavy atom. The molecule has 5 heteroatoms. The fourth-order valence-corrected chi connectivity index (χ4v) is 4.44. The van der Waals surface area contributed by atoms with Crippen molar-refractivity contribution in [1.29, 1.82) is 0 Å². The second kappa shape index (κ2) is 7.26. The lowest BCUT2D eigenvalue weighted by Gasteiger charge is -2.36. The molecule has 3 fully saturated rings. The molecule has 3 aliphatic rings. The molecule has 5 heterocycles. The molecule has 5 nitrogen and oxygen atoms in total. The molecule has 2 bridgehead atoms. The molecule has 0 spiro atoms. The van der Waals surface area contributed by atoms with Gasteiger partial charge in [0.05, 0.1) is 5.69 Å².